The van der Waals surface area contributed by atoms with Gasteiger partial charge < -0.3 is 20.1 Å². The predicted molar refractivity (Wildman–Crippen MR) is 120 cm³/mol. The number of hydrogen-bond acceptors (Lipinski definition) is 8. The number of nitrogens with zero attached hydrogens (tertiary/aromatic N) is 4. The summed E-state index contributed by atoms with van der Waals surface area (Å²) in [5, 5.41) is 24.0. The molecule has 1 aromatic carbocycles. The fourth-order valence-corrected chi connectivity index (χ4v) is 5.89. The van der Waals surface area contributed by atoms with Gasteiger partial charge in [-0.3, -0.25) is 9.97 Å². The lowest BCUT2D eigenvalue weighted by Gasteiger charge is -2.44. The average Bonchev–Trinajstić information content (AvgIpc) is 2.67. The van der Waals surface area contributed by atoms with Crippen LogP contribution in [0.2, 0.25) is 0 Å². The minimum atomic E-state index is -0.754. The van der Waals surface area contributed by atoms with E-state index in [1.165, 1.54) is 0 Å². The number of aliphatic hydroxyl groups is 1. The van der Waals surface area contributed by atoms with E-state index in [1.54, 1.807) is 12.4 Å². The SMILES string of the molecule is C[C@@H]1CN(c2ccc(C#N)c3nccnc23)C[C@H](C(CC(C)(C)O)SC2CNC2)O1. The Morgan fingerprint density at radius 1 is 1.30 bits per heavy atom. The summed E-state index contributed by atoms with van der Waals surface area (Å²) in [6, 6.07) is 6.01. The maximum absolute atomic E-state index is 10.5. The first-order valence-corrected chi connectivity index (χ1v) is 11.4. The number of nitriles is 1. The van der Waals surface area contributed by atoms with Crippen molar-refractivity contribution < 1.29 is 9.84 Å². The van der Waals surface area contributed by atoms with Crippen LogP contribution in [0.25, 0.3) is 11.0 Å². The first-order valence-electron chi connectivity index (χ1n) is 10.5. The number of fused-ring (bicyclic) bond motifs is 1. The highest BCUT2D eigenvalue weighted by Gasteiger charge is 2.37. The molecule has 0 saturated carbocycles. The molecule has 160 valence electrons. The number of ether oxygens (including phenoxy) is 1. The van der Waals surface area contributed by atoms with Crippen molar-refractivity contribution in [3.63, 3.8) is 0 Å². The minimum absolute atomic E-state index is 0.00635. The van der Waals surface area contributed by atoms with E-state index in [4.69, 9.17) is 4.74 Å². The Balaban J connectivity index is 1.62. The number of thioether (sulfide) groups is 1. The van der Waals surface area contributed by atoms with Crippen LogP contribution in [0.5, 0.6) is 0 Å². The Morgan fingerprint density at radius 2 is 2.03 bits per heavy atom. The van der Waals surface area contributed by atoms with Crippen molar-refractivity contribution in [2.45, 2.75) is 55.5 Å². The lowest BCUT2D eigenvalue weighted by Crippen LogP contribution is -2.53. The molecule has 0 amide bonds. The monoisotopic (exact) mass is 427 g/mol. The van der Waals surface area contributed by atoms with Gasteiger partial charge in [0, 0.05) is 49.1 Å². The van der Waals surface area contributed by atoms with E-state index in [1.807, 2.05) is 37.7 Å². The van der Waals surface area contributed by atoms with Gasteiger partial charge in [0.2, 0.25) is 0 Å². The zero-order valence-corrected chi connectivity index (χ0v) is 18.5. The summed E-state index contributed by atoms with van der Waals surface area (Å²) in [5.74, 6) is 0. The van der Waals surface area contributed by atoms with Crippen LogP contribution in [0.1, 0.15) is 32.8 Å². The molecule has 3 atom stereocenters. The molecular formula is C22H29N5O2S. The van der Waals surface area contributed by atoms with Gasteiger partial charge in [-0.05, 0) is 39.3 Å². The standard InChI is InChI=1S/C22H29N5O2S/c1-14-12-27(17-5-4-15(9-23)20-21(17)26-7-6-25-20)13-18(29-14)19(8-22(2,3)28)30-16-10-24-11-16/h4-7,14,16,18-19,24,28H,8,10-13H2,1-3H3/t14-,18-,19?/m1/s1. The second kappa shape index (κ2) is 8.67. The molecule has 4 rings (SSSR count). The van der Waals surface area contributed by atoms with Crippen molar-refractivity contribution in [2.24, 2.45) is 0 Å². The molecule has 1 unspecified atom stereocenters. The molecule has 0 spiro atoms. The Kier molecular flexibility index (Phi) is 6.16. The molecule has 8 heteroatoms. The second-order valence-electron chi connectivity index (χ2n) is 8.86. The third-order valence-corrected chi connectivity index (χ3v) is 7.11. The number of nitrogens with one attached hydrogen (secondary N) is 1. The first-order chi connectivity index (χ1) is 14.3. The van der Waals surface area contributed by atoms with E-state index in [0.29, 0.717) is 22.8 Å². The minimum Gasteiger partial charge on any atom is -0.390 e. The quantitative estimate of drug-likeness (QED) is 0.725. The highest BCUT2D eigenvalue weighted by Crippen LogP contribution is 2.35. The van der Waals surface area contributed by atoms with Crippen molar-refractivity contribution in [1.82, 2.24) is 15.3 Å². The summed E-state index contributed by atoms with van der Waals surface area (Å²) in [6.07, 6.45) is 4.02. The van der Waals surface area contributed by atoms with Gasteiger partial charge in [0.25, 0.3) is 0 Å². The Hall–Kier alpha value is -1.92. The van der Waals surface area contributed by atoms with Crippen molar-refractivity contribution in [2.75, 3.05) is 31.1 Å². The molecule has 2 saturated heterocycles. The summed E-state index contributed by atoms with van der Waals surface area (Å²) in [4.78, 5) is 11.2. The summed E-state index contributed by atoms with van der Waals surface area (Å²) in [5.41, 5.74) is 2.15. The zero-order chi connectivity index (χ0) is 21.3. The molecule has 30 heavy (non-hydrogen) atoms. The van der Waals surface area contributed by atoms with Gasteiger partial charge >= 0.3 is 0 Å². The Labute approximate surface area is 181 Å². The summed E-state index contributed by atoms with van der Waals surface area (Å²) < 4.78 is 6.39. The third-order valence-electron chi connectivity index (χ3n) is 5.58. The Morgan fingerprint density at radius 3 is 2.67 bits per heavy atom. The van der Waals surface area contributed by atoms with Gasteiger partial charge in [0.1, 0.15) is 17.1 Å². The molecule has 2 N–H and O–H groups in total. The molecule has 3 heterocycles. The van der Waals surface area contributed by atoms with Gasteiger partial charge in [0.05, 0.1) is 29.1 Å². The topological polar surface area (TPSA) is 94.3 Å². The van der Waals surface area contributed by atoms with Gasteiger partial charge in [-0.15, -0.1) is 11.8 Å². The predicted octanol–water partition coefficient (Wildman–Crippen LogP) is 2.33. The summed E-state index contributed by atoms with van der Waals surface area (Å²) in [6.45, 7) is 9.31. The molecule has 2 aliphatic rings. The highest BCUT2D eigenvalue weighted by molar-refractivity contribution is 8.00. The van der Waals surface area contributed by atoms with Crippen molar-refractivity contribution in [1.29, 1.82) is 5.26 Å². The van der Waals surface area contributed by atoms with Gasteiger partial charge in [-0.25, -0.2) is 0 Å². The van der Waals surface area contributed by atoms with Crippen LogP contribution in [-0.2, 0) is 4.74 Å². The van der Waals surface area contributed by atoms with Crippen LogP contribution in [0.4, 0.5) is 5.69 Å². The van der Waals surface area contributed by atoms with Gasteiger partial charge in [-0.2, -0.15) is 5.26 Å². The third kappa shape index (κ3) is 4.70. The van der Waals surface area contributed by atoms with E-state index in [2.05, 4.69) is 33.2 Å². The fraction of sp³-hybridized carbons (Fsp3) is 0.591. The number of hydrogen-bond donors (Lipinski definition) is 2. The van der Waals surface area contributed by atoms with Gasteiger partial charge in [-0.1, -0.05) is 0 Å². The molecule has 2 fully saturated rings. The van der Waals surface area contributed by atoms with Crippen molar-refractivity contribution in [3.8, 4) is 6.07 Å². The molecule has 7 nitrogen and oxygen atoms in total. The van der Waals surface area contributed by atoms with E-state index >= 15 is 0 Å². The highest BCUT2D eigenvalue weighted by atomic mass is 32.2. The van der Waals surface area contributed by atoms with Crippen LogP contribution < -0.4 is 10.2 Å². The smallest absolute Gasteiger partial charge is 0.113 e. The first kappa shape index (κ1) is 21.3. The van der Waals surface area contributed by atoms with E-state index < -0.39 is 5.60 Å². The maximum Gasteiger partial charge on any atom is 0.113 e. The lowest BCUT2D eigenvalue weighted by molar-refractivity contribution is -0.0298. The molecule has 0 aliphatic carbocycles. The zero-order valence-electron chi connectivity index (χ0n) is 17.7. The average molecular weight is 428 g/mol. The largest absolute Gasteiger partial charge is 0.390 e. The number of morpholine rings is 1. The molecule has 1 aromatic heterocycles. The normalized spacial score (nSPS) is 23.8. The van der Waals surface area contributed by atoms with Crippen LogP contribution in [0, 0.1) is 11.3 Å². The van der Waals surface area contributed by atoms with Crippen molar-refractivity contribution in [3.05, 3.63) is 30.1 Å². The Bertz CT molecular complexity index is 937. The fourth-order valence-electron chi connectivity index (χ4n) is 4.14. The van der Waals surface area contributed by atoms with E-state index in [9.17, 15) is 10.4 Å². The van der Waals surface area contributed by atoms with Crippen LogP contribution in [0.15, 0.2) is 24.5 Å². The van der Waals surface area contributed by atoms with Crippen molar-refractivity contribution >= 4 is 28.5 Å². The maximum atomic E-state index is 10.5. The van der Waals surface area contributed by atoms with Crippen LogP contribution in [0.3, 0.4) is 0 Å². The molecule has 0 radical (unpaired) electrons. The number of rotatable bonds is 6. The second-order valence-corrected chi connectivity index (χ2v) is 10.4. The lowest BCUT2D eigenvalue weighted by atomic mass is 9.98. The molecule has 0 bridgehead atoms. The number of benzene rings is 1. The molecule has 2 aromatic rings. The van der Waals surface area contributed by atoms with E-state index in [-0.39, 0.29) is 17.5 Å². The molecule has 2 aliphatic heterocycles. The van der Waals surface area contributed by atoms with Crippen LogP contribution >= 0.6 is 11.8 Å². The van der Waals surface area contributed by atoms with Gasteiger partial charge in [0.15, 0.2) is 0 Å². The molecular weight excluding hydrogens is 398 g/mol. The van der Waals surface area contributed by atoms with E-state index in [0.717, 1.165) is 37.4 Å². The van der Waals surface area contributed by atoms with Crippen LogP contribution in [-0.4, -0.2) is 69.6 Å². The number of anilines is 1. The summed E-state index contributed by atoms with van der Waals surface area (Å²) >= 11 is 1.93. The summed E-state index contributed by atoms with van der Waals surface area (Å²) in [7, 11) is 0. The number of aromatic nitrogens is 2.